The molecular formula is C46H74F3NO10. The van der Waals surface area contributed by atoms with Gasteiger partial charge in [-0.2, -0.15) is 13.2 Å². The summed E-state index contributed by atoms with van der Waals surface area (Å²) in [5.74, 6) is -0.623. The molecule has 2 rings (SSSR count). The van der Waals surface area contributed by atoms with E-state index in [9.17, 15) is 18.0 Å². The molecule has 344 valence electrons. The standard InChI is InChI=1S/C46H74F3NO10/c1-2-3-4-5-6-7-8-9-10-11-12-13-14-17-23-52-24-25-53-26-27-54-28-29-55-30-31-56-32-33-57-34-35-58-36-37-59-38-39-60-45(51)43-21-15-16-22-44(43)50-42-20-18-19-41(40-42)46(47,48)49/h15-16,18-22,40,50H,2-14,17,23-39H2,1H3. The van der Waals surface area contributed by atoms with Crippen LogP contribution in [0.25, 0.3) is 0 Å². The highest BCUT2D eigenvalue weighted by atomic mass is 19.4. The number of hydrogen-bond acceptors (Lipinski definition) is 11. The summed E-state index contributed by atoms with van der Waals surface area (Å²) < 4.78 is 88.7. The van der Waals surface area contributed by atoms with Crippen LogP contribution < -0.4 is 5.32 Å². The van der Waals surface area contributed by atoms with Crippen molar-refractivity contribution in [2.75, 3.05) is 118 Å². The van der Waals surface area contributed by atoms with Crippen LogP contribution in [0.5, 0.6) is 0 Å². The molecule has 0 spiro atoms. The summed E-state index contributed by atoms with van der Waals surface area (Å²) in [7, 11) is 0. The molecule has 0 aromatic heterocycles. The number of carbonyl (C=O) groups excluding carboxylic acids is 1. The van der Waals surface area contributed by atoms with Crippen LogP contribution in [0, 0.1) is 0 Å². The van der Waals surface area contributed by atoms with Crippen LogP contribution >= 0.6 is 0 Å². The second-order valence-corrected chi connectivity index (χ2v) is 14.4. The van der Waals surface area contributed by atoms with E-state index in [1.54, 1.807) is 18.2 Å². The topological polar surface area (TPSA) is 112 Å². The molecule has 11 nitrogen and oxygen atoms in total. The minimum Gasteiger partial charge on any atom is -0.460 e. The van der Waals surface area contributed by atoms with E-state index in [2.05, 4.69) is 12.2 Å². The summed E-state index contributed by atoms with van der Waals surface area (Å²) in [5, 5.41) is 2.87. The van der Waals surface area contributed by atoms with Gasteiger partial charge in [0.05, 0.1) is 116 Å². The number of ether oxygens (including phenoxy) is 9. The van der Waals surface area contributed by atoms with Crippen molar-refractivity contribution in [1.29, 1.82) is 0 Å². The summed E-state index contributed by atoms with van der Waals surface area (Å²) >= 11 is 0. The van der Waals surface area contributed by atoms with Crippen molar-refractivity contribution in [3.8, 4) is 0 Å². The van der Waals surface area contributed by atoms with E-state index in [1.165, 1.54) is 102 Å². The van der Waals surface area contributed by atoms with Gasteiger partial charge in [-0.1, -0.05) is 109 Å². The largest absolute Gasteiger partial charge is 0.460 e. The number of esters is 1. The van der Waals surface area contributed by atoms with Gasteiger partial charge in [0.25, 0.3) is 0 Å². The van der Waals surface area contributed by atoms with E-state index >= 15 is 0 Å². The SMILES string of the molecule is CCCCCCCCCCCCCCCCOCCOCCOCCOCCOCCOCCOCCOCCOC(=O)c1ccccc1Nc1cccc(C(F)(F)F)c1. The predicted molar refractivity (Wildman–Crippen MR) is 228 cm³/mol. The van der Waals surface area contributed by atoms with Crippen LogP contribution in [0.4, 0.5) is 24.5 Å². The third kappa shape index (κ3) is 30.2. The minimum absolute atomic E-state index is 0.00424. The van der Waals surface area contributed by atoms with E-state index in [0.717, 1.165) is 25.2 Å². The van der Waals surface area contributed by atoms with Crippen molar-refractivity contribution in [1.82, 2.24) is 0 Å². The van der Waals surface area contributed by atoms with E-state index in [1.807, 2.05) is 0 Å². The summed E-state index contributed by atoms with van der Waals surface area (Å²) in [6, 6.07) is 11.2. The summed E-state index contributed by atoms with van der Waals surface area (Å²) in [4.78, 5) is 12.6. The maximum atomic E-state index is 13.1. The zero-order valence-electron chi connectivity index (χ0n) is 36.3. The summed E-state index contributed by atoms with van der Waals surface area (Å²) in [5.41, 5.74) is -0.0712. The molecule has 0 saturated heterocycles. The maximum absolute atomic E-state index is 13.1. The molecule has 0 bridgehead atoms. The second-order valence-electron chi connectivity index (χ2n) is 14.4. The molecule has 0 atom stereocenters. The fraction of sp³-hybridized carbons (Fsp3) is 0.717. The third-order valence-electron chi connectivity index (χ3n) is 9.32. The van der Waals surface area contributed by atoms with E-state index < -0.39 is 17.7 Å². The Balaban J connectivity index is 1.24. The van der Waals surface area contributed by atoms with Crippen LogP contribution in [0.2, 0.25) is 0 Å². The highest BCUT2D eigenvalue weighted by Crippen LogP contribution is 2.32. The first-order valence-corrected chi connectivity index (χ1v) is 22.2. The quantitative estimate of drug-likeness (QED) is 0.0509. The summed E-state index contributed by atoms with van der Waals surface area (Å²) in [6.45, 7) is 9.85. The minimum atomic E-state index is -4.47. The van der Waals surface area contributed by atoms with Gasteiger partial charge < -0.3 is 47.9 Å². The van der Waals surface area contributed by atoms with Crippen molar-refractivity contribution in [2.24, 2.45) is 0 Å². The molecule has 0 unspecified atom stereocenters. The number of hydrogen-bond donors (Lipinski definition) is 1. The molecule has 0 aliphatic rings. The molecule has 0 fully saturated rings. The predicted octanol–water partition coefficient (Wildman–Crippen LogP) is 10.2. The first-order valence-electron chi connectivity index (χ1n) is 22.2. The number of carbonyl (C=O) groups is 1. The Morgan fingerprint density at radius 1 is 0.467 bits per heavy atom. The van der Waals surface area contributed by atoms with Crippen molar-refractivity contribution >= 4 is 17.3 Å². The Kier molecular flexibility index (Phi) is 33.7. The third-order valence-corrected chi connectivity index (χ3v) is 9.32. The highest BCUT2D eigenvalue weighted by Gasteiger charge is 2.30. The zero-order chi connectivity index (χ0) is 43.0. The van der Waals surface area contributed by atoms with Gasteiger partial charge >= 0.3 is 12.1 Å². The lowest BCUT2D eigenvalue weighted by Crippen LogP contribution is -2.16. The number of anilines is 2. The Morgan fingerprint density at radius 2 is 0.850 bits per heavy atom. The van der Waals surface area contributed by atoms with Crippen LogP contribution in [-0.4, -0.2) is 118 Å². The van der Waals surface area contributed by atoms with Gasteiger partial charge in [0.1, 0.15) is 6.61 Å². The maximum Gasteiger partial charge on any atom is 0.416 e. The summed E-state index contributed by atoms with van der Waals surface area (Å²) in [6.07, 6.45) is 14.6. The fourth-order valence-corrected chi connectivity index (χ4v) is 6.01. The van der Waals surface area contributed by atoms with Crippen molar-refractivity contribution in [3.63, 3.8) is 0 Å². The number of rotatable bonds is 42. The van der Waals surface area contributed by atoms with Gasteiger partial charge in [0, 0.05) is 12.3 Å². The normalized spacial score (nSPS) is 11.7. The Labute approximate surface area is 357 Å². The fourth-order valence-electron chi connectivity index (χ4n) is 6.01. The number of halogens is 3. The molecular weight excluding hydrogens is 783 g/mol. The average Bonchev–Trinajstić information content (AvgIpc) is 3.24. The number of alkyl halides is 3. The lowest BCUT2D eigenvalue weighted by atomic mass is 10.0. The van der Waals surface area contributed by atoms with Crippen molar-refractivity contribution in [2.45, 2.75) is 103 Å². The number of para-hydroxylation sites is 1. The van der Waals surface area contributed by atoms with Gasteiger partial charge in [0.2, 0.25) is 0 Å². The monoisotopic (exact) mass is 858 g/mol. The van der Waals surface area contributed by atoms with Crippen LogP contribution in [0.3, 0.4) is 0 Å². The van der Waals surface area contributed by atoms with Gasteiger partial charge in [0.15, 0.2) is 0 Å². The van der Waals surface area contributed by atoms with Crippen molar-refractivity contribution < 1.29 is 60.6 Å². The van der Waals surface area contributed by atoms with E-state index in [4.69, 9.17) is 42.6 Å². The molecule has 0 saturated carbocycles. The number of nitrogens with one attached hydrogen (secondary N) is 1. The lowest BCUT2D eigenvalue weighted by Gasteiger charge is -2.13. The molecule has 60 heavy (non-hydrogen) atoms. The number of unbranched alkanes of at least 4 members (excludes halogenated alkanes) is 13. The van der Waals surface area contributed by atoms with Crippen LogP contribution in [0.1, 0.15) is 113 Å². The van der Waals surface area contributed by atoms with E-state index in [-0.39, 0.29) is 24.5 Å². The van der Waals surface area contributed by atoms with Crippen LogP contribution in [0.15, 0.2) is 48.5 Å². The molecule has 0 aliphatic carbocycles. The second kappa shape index (κ2) is 37.9. The highest BCUT2D eigenvalue weighted by molar-refractivity contribution is 5.96. The van der Waals surface area contributed by atoms with Gasteiger partial charge in [-0.05, 0) is 36.8 Å². The number of benzene rings is 2. The molecule has 0 aliphatic heterocycles. The molecule has 0 amide bonds. The Morgan fingerprint density at radius 3 is 1.28 bits per heavy atom. The smallest absolute Gasteiger partial charge is 0.416 e. The van der Waals surface area contributed by atoms with Gasteiger partial charge in [-0.15, -0.1) is 0 Å². The van der Waals surface area contributed by atoms with Gasteiger partial charge in [-0.25, -0.2) is 4.79 Å². The first-order chi connectivity index (χ1) is 29.4. The average molecular weight is 858 g/mol. The van der Waals surface area contributed by atoms with E-state index in [0.29, 0.717) is 98.2 Å². The van der Waals surface area contributed by atoms with Gasteiger partial charge in [-0.3, -0.25) is 0 Å². The molecule has 0 radical (unpaired) electrons. The molecule has 0 heterocycles. The molecule has 14 heteroatoms. The Bertz CT molecular complexity index is 1290. The first kappa shape index (κ1) is 53.3. The van der Waals surface area contributed by atoms with Crippen molar-refractivity contribution in [3.05, 3.63) is 59.7 Å². The lowest BCUT2D eigenvalue weighted by molar-refractivity contribution is -0.137. The molecule has 1 N–H and O–H groups in total. The molecule has 2 aromatic rings. The zero-order valence-corrected chi connectivity index (χ0v) is 36.3. The Hall–Kier alpha value is -2.82. The molecule has 2 aromatic carbocycles. The van der Waals surface area contributed by atoms with Crippen LogP contribution in [-0.2, 0) is 48.8 Å².